The number of carbonyl (C=O) groups is 3. The van der Waals surface area contributed by atoms with Gasteiger partial charge in [0.05, 0.1) is 0 Å². The molecule has 3 rings (SSSR count). The molecule has 152 valence electrons. The number of hydrogen-bond acceptors (Lipinski definition) is 4. The fraction of sp³-hybridized carbons (Fsp3) is 0.130. The standard InChI is InChI=1S/C23H22N4O3/c1-16(28)19-5-7-20(8-6-19)22(29)25-15-18-3-2-4-21(13-18)27-23(30)26-14-17-9-11-24-12-10-17/h2-13H,14-15H2,1H3,(H,25,29)(H2,26,27,30). The summed E-state index contributed by atoms with van der Waals surface area (Å²) in [7, 11) is 0. The first kappa shape index (κ1) is 20.7. The molecular formula is C23H22N4O3. The molecule has 0 aliphatic heterocycles. The number of urea groups is 1. The largest absolute Gasteiger partial charge is 0.348 e. The smallest absolute Gasteiger partial charge is 0.319 e. The monoisotopic (exact) mass is 402 g/mol. The van der Waals surface area contributed by atoms with Crippen molar-refractivity contribution >= 4 is 23.4 Å². The number of amides is 3. The highest BCUT2D eigenvalue weighted by molar-refractivity contribution is 5.97. The zero-order chi connectivity index (χ0) is 21.3. The summed E-state index contributed by atoms with van der Waals surface area (Å²) in [6.07, 6.45) is 3.34. The number of ketones is 1. The van der Waals surface area contributed by atoms with E-state index in [1.807, 2.05) is 24.3 Å². The van der Waals surface area contributed by atoms with Crippen molar-refractivity contribution in [1.82, 2.24) is 15.6 Å². The van der Waals surface area contributed by atoms with Gasteiger partial charge in [0.2, 0.25) is 0 Å². The molecule has 0 radical (unpaired) electrons. The molecule has 0 atom stereocenters. The number of Topliss-reactive ketones (excluding diaryl/α,β-unsaturated/α-hetero) is 1. The molecule has 0 unspecified atom stereocenters. The molecule has 3 N–H and O–H groups in total. The van der Waals surface area contributed by atoms with Crippen molar-refractivity contribution in [3.8, 4) is 0 Å². The van der Waals surface area contributed by atoms with Crippen molar-refractivity contribution in [3.05, 3.63) is 95.3 Å². The lowest BCUT2D eigenvalue weighted by molar-refractivity contribution is 0.0948. The van der Waals surface area contributed by atoms with Crippen LogP contribution in [-0.2, 0) is 13.1 Å². The van der Waals surface area contributed by atoms with Crippen LogP contribution in [0.5, 0.6) is 0 Å². The number of rotatable bonds is 7. The molecular weight excluding hydrogens is 380 g/mol. The van der Waals surface area contributed by atoms with Crippen molar-refractivity contribution in [2.24, 2.45) is 0 Å². The van der Waals surface area contributed by atoms with E-state index in [1.54, 1.807) is 48.8 Å². The second kappa shape index (κ2) is 9.97. The number of pyridine rings is 1. The van der Waals surface area contributed by atoms with Crippen molar-refractivity contribution in [1.29, 1.82) is 0 Å². The average Bonchev–Trinajstić information content (AvgIpc) is 2.77. The Morgan fingerprint density at radius 3 is 2.17 bits per heavy atom. The maximum Gasteiger partial charge on any atom is 0.319 e. The molecule has 2 aromatic carbocycles. The Bertz CT molecular complexity index is 1030. The average molecular weight is 402 g/mol. The van der Waals surface area contributed by atoms with Crippen molar-refractivity contribution < 1.29 is 14.4 Å². The van der Waals surface area contributed by atoms with Crippen LogP contribution in [0.15, 0.2) is 73.1 Å². The molecule has 0 saturated heterocycles. The molecule has 7 nitrogen and oxygen atoms in total. The van der Waals surface area contributed by atoms with Crippen LogP contribution in [0.2, 0.25) is 0 Å². The van der Waals surface area contributed by atoms with E-state index in [4.69, 9.17) is 0 Å². The number of hydrogen-bond donors (Lipinski definition) is 3. The number of aromatic nitrogens is 1. The molecule has 1 aromatic heterocycles. The van der Waals surface area contributed by atoms with Crippen LogP contribution in [-0.4, -0.2) is 22.7 Å². The Hall–Kier alpha value is -4.00. The van der Waals surface area contributed by atoms with Crippen molar-refractivity contribution in [3.63, 3.8) is 0 Å². The summed E-state index contributed by atoms with van der Waals surface area (Å²) in [5, 5.41) is 8.39. The third kappa shape index (κ3) is 6.00. The van der Waals surface area contributed by atoms with Gasteiger partial charge in [-0.3, -0.25) is 14.6 Å². The Balaban J connectivity index is 1.51. The number of benzene rings is 2. The third-order valence-electron chi connectivity index (χ3n) is 4.39. The van der Waals surface area contributed by atoms with Gasteiger partial charge in [-0.05, 0) is 54.4 Å². The van der Waals surface area contributed by atoms with E-state index in [2.05, 4.69) is 20.9 Å². The minimum absolute atomic E-state index is 0.0453. The molecule has 30 heavy (non-hydrogen) atoms. The molecule has 0 aliphatic carbocycles. The number of nitrogens with one attached hydrogen (secondary N) is 3. The topological polar surface area (TPSA) is 100 Å². The number of anilines is 1. The van der Waals surface area contributed by atoms with Gasteiger partial charge in [-0.1, -0.05) is 24.3 Å². The number of nitrogens with zero attached hydrogens (tertiary/aromatic N) is 1. The lowest BCUT2D eigenvalue weighted by Crippen LogP contribution is -2.28. The van der Waals surface area contributed by atoms with Gasteiger partial charge in [-0.25, -0.2) is 4.79 Å². The van der Waals surface area contributed by atoms with Gasteiger partial charge in [-0.15, -0.1) is 0 Å². The normalized spacial score (nSPS) is 10.2. The maximum atomic E-state index is 12.3. The van der Waals surface area contributed by atoms with Crippen LogP contribution in [0, 0.1) is 0 Å². The fourth-order valence-electron chi connectivity index (χ4n) is 2.76. The minimum Gasteiger partial charge on any atom is -0.348 e. The SMILES string of the molecule is CC(=O)c1ccc(C(=O)NCc2cccc(NC(=O)NCc3ccncc3)c2)cc1. The Morgan fingerprint density at radius 2 is 1.47 bits per heavy atom. The van der Waals surface area contributed by atoms with Crippen molar-refractivity contribution in [2.45, 2.75) is 20.0 Å². The van der Waals surface area contributed by atoms with Crippen LogP contribution >= 0.6 is 0 Å². The van der Waals surface area contributed by atoms with Gasteiger partial charge >= 0.3 is 6.03 Å². The van der Waals surface area contributed by atoms with Gasteiger partial charge in [0.1, 0.15) is 0 Å². The summed E-state index contributed by atoms with van der Waals surface area (Å²) in [5.41, 5.74) is 3.46. The summed E-state index contributed by atoms with van der Waals surface area (Å²) < 4.78 is 0. The van der Waals surface area contributed by atoms with E-state index < -0.39 is 0 Å². The van der Waals surface area contributed by atoms with E-state index in [-0.39, 0.29) is 17.7 Å². The highest BCUT2D eigenvalue weighted by Gasteiger charge is 2.07. The Labute approximate surface area is 174 Å². The van der Waals surface area contributed by atoms with Gasteiger partial charge < -0.3 is 16.0 Å². The van der Waals surface area contributed by atoms with Gasteiger partial charge in [0.25, 0.3) is 5.91 Å². The third-order valence-corrected chi connectivity index (χ3v) is 4.39. The van der Waals surface area contributed by atoms with Gasteiger partial charge in [-0.2, -0.15) is 0 Å². The Morgan fingerprint density at radius 1 is 0.800 bits per heavy atom. The second-order valence-electron chi connectivity index (χ2n) is 6.68. The first-order valence-electron chi connectivity index (χ1n) is 9.43. The molecule has 3 amide bonds. The van der Waals surface area contributed by atoms with Gasteiger partial charge in [0.15, 0.2) is 5.78 Å². The predicted molar refractivity (Wildman–Crippen MR) is 114 cm³/mol. The Kier molecular flexibility index (Phi) is 6.89. The molecule has 0 fully saturated rings. The molecule has 0 saturated carbocycles. The lowest BCUT2D eigenvalue weighted by atomic mass is 10.1. The highest BCUT2D eigenvalue weighted by atomic mass is 16.2. The highest BCUT2D eigenvalue weighted by Crippen LogP contribution is 2.11. The summed E-state index contributed by atoms with van der Waals surface area (Å²) in [6, 6.07) is 17.1. The van der Waals surface area contributed by atoms with E-state index >= 15 is 0 Å². The van der Waals surface area contributed by atoms with Crippen LogP contribution < -0.4 is 16.0 Å². The molecule has 0 spiro atoms. The molecule has 7 heteroatoms. The lowest BCUT2D eigenvalue weighted by Gasteiger charge is -2.10. The first-order chi connectivity index (χ1) is 14.5. The summed E-state index contributed by atoms with van der Waals surface area (Å²) in [6.45, 7) is 2.18. The van der Waals surface area contributed by atoms with E-state index in [0.29, 0.717) is 29.9 Å². The zero-order valence-corrected chi connectivity index (χ0v) is 16.5. The van der Waals surface area contributed by atoms with Crippen LogP contribution in [0.1, 0.15) is 38.8 Å². The van der Waals surface area contributed by atoms with E-state index in [1.165, 1.54) is 6.92 Å². The van der Waals surface area contributed by atoms with E-state index in [9.17, 15) is 14.4 Å². The van der Waals surface area contributed by atoms with Crippen LogP contribution in [0.3, 0.4) is 0 Å². The van der Waals surface area contributed by atoms with Crippen LogP contribution in [0.4, 0.5) is 10.5 Å². The molecule has 3 aromatic rings. The second-order valence-corrected chi connectivity index (χ2v) is 6.68. The summed E-state index contributed by atoms with van der Waals surface area (Å²) in [4.78, 5) is 39.7. The number of carbonyl (C=O) groups excluding carboxylic acids is 3. The minimum atomic E-state index is -0.321. The van der Waals surface area contributed by atoms with Gasteiger partial charge in [0, 0.05) is 42.3 Å². The summed E-state index contributed by atoms with van der Waals surface area (Å²) >= 11 is 0. The fourth-order valence-corrected chi connectivity index (χ4v) is 2.76. The maximum absolute atomic E-state index is 12.3. The summed E-state index contributed by atoms with van der Waals surface area (Å²) in [5.74, 6) is -0.283. The first-order valence-corrected chi connectivity index (χ1v) is 9.43. The van der Waals surface area contributed by atoms with Crippen LogP contribution in [0.25, 0.3) is 0 Å². The van der Waals surface area contributed by atoms with E-state index in [0.717, 1.165) is 11.1 Å². The molecule has 1 heterocycles. The predicted octanol–water partition coefficient (Wildman–Crippen LogP) is 3.54. The quantitative estimate of drug-likeness (QED) is 0.526. The molecule has 0 aliphatic rings. The zero-order valence-electron chi connectivity index (χ0n) is 16.5. The molecule has 0 bridgehead atoms. The van der Waals surface area contributed by atoms with Crippen molar-refractivity contribution in [2.75, 3.05) is 5.32 Å².